The molecule has 2 aromatic rings. The first kappa shape index (κ1) is 17.8. The molecule has 8 heteroatoms. The fraction of sp³-hybridized carbons (Fsp3) is 0.200. The predicted octanol–water partition coefficient (Wildman–Crippen LogP) is 3.50. The molecule has 23 heavy (non-hydrogen) atoms. The first-order valence-corrected chi connectivity index (χ1v) is 10.1. The van der Waals surface area contributed by atoms with Crippen molar-refractivity contribution in [2.75, 3.05) is 11.1 Å². The second-order valence-corrected chi connectivity index (χ2v) is 8.93. The largest absolute Gasteiger partial charge is 0.301 e. The summed E-state index contributed by atoms with van der Waals surface area (Å²) in [6, 6.07) is 7.61. The normalized spacial score (nSPS) is 12.6. The number of aromatic nitrogens is 1. The van der Waals surface area contributed by atoms with Gasteiger partial charge in [-0.25, -0.2) is 13.4 Å². The maximum absolute atomic E-state index is 12.1. The summed E-state index contributed by atoms with van der Waals surface area (Å²) in [6.07, 6.45) is 1.27. The zero-order chi connectivity index (χ0) is 17.0. The molecule has 0 aliphatic heterocycles. The van der Waals surface area contributed by atoms with Crippen LogP contribution in [0.5, 0.6) is 0 Å². The summed E-state index contributed by atoms with van der Waals surface area (Å²) in [4.78, 5) is 16.4. The van der Waals surface area contributed by atoms with E-state index in [2.05, 4.69) is 32.8 Å². The number of nitrogens with one attached hydrogen (secondary N) is 1. The molecule has 1 atom stereocenters. The van der Waals surface area contributed by atoms with Crippen LogP contribution >= 0.6 is 27.3 Å². The van der Waals surface area contributed by atoms with Crippen LogP contribution in [0.15, 0.2) is 46.8 Å². The minimum atomic E-state index is -3.54. The van der Waals surface area contributed by atoms with Gasteiger partial charge in [0, 0.05) is 15.4 Å². The molecule has 0 aliphatic rings. The number of anilines is 1. The summed E-state index contributed by atoms with van der Waals surface area (Å²) in [5, 5.41) is 3.58. The fourth-order valence-electron chi connectivity index (χ4n) is 1.76. The summed E-state index contributed by atoms with van der Waals surface area (Å²) in [5.41, 5.74) is 1.64. The van der Waals surface area contributed by atoms with E-state index < -0.39 is 21.0 Å². The van der Waals surface area contributed by atoms with Crippen LogP contribution in [0, 0.1) is 0 Å². The molecular formula is C15H15BrN2O3S2. The smallest absolute Gasteiger partial charge is 0.244 e. The Balaban J connectivity index is 2.11. The summed E-state index contributed by atoms with van der Waals surface area (Å²) >= 11 is 4.61. The van der Waals surface area contributed by atoms with Crippen LogP contribution in [-0.2, 0) is 14.6 Å². The highest BCUT2D eigenvalue weighted by Gasteiger charge is 2.27. The molecule has 0 fully saturated rings. The Kier molecular flexibility index (Phi) is 5.72. The number of hydrogen-bond acceptors (Lipinski definition) is 5. The molecule has 0 saturated heterocycles. The molecule has 0 saturated carbocycles. The highest BCUT2D eigenvalue weighted by Crippen LogP contribution is 2.26. The van der Waals surface area contributed by atoms with E-state index in [9.17, 15) is 13.2 Å². The van der Waals surface area contributed by atoms with Crippen LogP contribution in [0.1, 0.15) is 6.92 Å². The molecule has 1 amide bonds. The number of benzene rings is 1. The van der Waals surface area contributed by atoms with Crippen LogP contribution in [0.3, 0.4) is 0 Å². The topological polar surface area (TPSA) is 76.1 Å². The van der Waals surface area contributed by atoms with E-state index in [1.165, 1.54) is 24.3 Å². The molecule has 122 valence electrons. The Hall–Kier alpha value is -1.51. The molecule has 1 unspecified atom stereocenters. The quantitative estimate of drug-likeness (QED) is 0.733. The Bertz CT molecular complexity index is 814. The van der Waals surface area contributed by atoms with E-state index in [0.29, 0.717) is 5.13 Å². The lowest BCUT2D eigenvalue weighted by molar-refractivity contribution is -0.115. The molecule has 2 rings (SSSR count). The van der Waals surface area contributed by atoms with Gasteiger partial charge in [-0.05, 0) is 19.1 Å². The van der Waals surface area contributed by atoms with Crippen molar-refractivity contribution in [3.8, 4) is 11.3 Å². The third-order valence-corrected chi connectivity index (χ3v) is 6.41. The van der Waals surface area contributed by atoms with Crippen LogP contribution in [0.25, 0.3) is 11.3 Å². The van der Waals surface area contributed by atoms with Gasteiger partial charge in [0.25, 0.3) is 0 Å². The number of rotatable bonds is 6. The van der Waals surface area contributed by atoms with Crippen molar-refractivity contribution in [1.82, 2.24) is 4.98 Å². The summed E-state index contributed by atoms with van der Waals surface area (Å²) in [6.45, 7) is 4.75. The van der Waals surface area contributed by atoms with E-state index in [1.807, 2.05) is 29.6 Å². The highest BCUT2D eigenvalue weighted by atomic mass is 79.9. The minimum absolute atomic E-state index is 0.233. The van der Waals surface area contributed by atoms with Crippen LogP contribution in [-0.4, -0.2) is 30.3 Å². The average molecular weight is 415 g/mol. The molecule has 0 bridgehead atoms. The number of halogens is 1. The third-order valence-electron chi connectivity index (χ3n) is 3.13. The van der Waals surface area contributed by atoms with Crippen LogP contribution in [0.2, 0.25) is 0 Å². The number of thiazole rings is 1. The first-order valence-electron chi connectivity index (χ1n) is 6.68. The van der Waals surface area contributed by atoms with Crippen molar-refractivity contribution in [3.63, 3.8) is 0 Å². The van der Waals surface area contributed by atoms with E-state index in [0.717, 1.165) is 15.7 Å². The summed E-state index contributed by atoms with van der Waals surface area (Å²) in [5.74, 6) is -0.826. The molecule has 0 aliphatic carbocycles. The van der Waals surface area contributed by atoms with Gasteiger partial charge in [0.05, 0.1) is 11.4 Å². The van der Waals surface area contributed by atoms with Gasteiger partial charge in [-0.2, -0.15) is 0 Å². The Morgan fingerprint density at radius 1 is 1.43 bits per heavy atom. The second kappa shape index (κ2) is 7.37. The Morgan fingerprint density at radius 3 is 2.70 bits per heavy atom. The minimum Gasteiger partial charge on any atom is -0.301 e. The Labute approximate surface area is 147 Å². The number of hydrogen-bond donors (Lipinski definition) is 1. The SMILES string of the molecule is C=CCS(=O)(=O)C(C)C(=O)Nc1nc(-c2ccc(Br)cc2)cs1. The zero-order valence-corrected chi connectivity index (χ0v) is 15.5. The van der Waals surface area contributed by atoms with Gasteiger partial charge in [0.2, 0.25) is 5.91 Å². The van der Waals surface area contributed by atoms with E-state index >= 15 is 0 Å². The number of nitrogens with zero attached hydrogens (tertiary/aromatic N) is 1. The third kappa shape index (κ3) is 4.49. The van der Waals surface area contributed by atoms with Crippen molar-refractivity contribution >= 4 is 48.1 Å². The van der Waals surface area contributed by atoms with Crippen molar-refractivity contribution in [2.24, 2.45) is 0 Å². The Morgan fingerprint density at radius 2 is 2.09 bits per heavy atom. The van der Waals surface area contributed by atoms with Gasteiger partial charge >= 0.3 is 0 Å². The fourth-order valence-corrected chi connectivity index (χ4v) is 3.75. The number of carbonyl (C=O) groups excluding carboxylic acids is 1. The van der Waals surface area contributed by atoms with Gasteiger partial charge in [-0.15, -0.1) is 17.9 Å². The van der Waals surface area contributed by atoms with Gasteiger partial charge in [0.1, 0.15) is 5.25 Å². The maximum atomic E-state index is 12.1. The monoisotopic (exact) mass is 414 g/mol. The molecule has 0 radical (unpaired) electrons. The molecule has 1 heterocycles. The maximum Gasteiger partial charge on any atom is 0.244 e. The lowest BCUT2D eigenvalue weighted by Crippen LogP contribution is -2.33. The van der Waals surface area contributed by atoms with Gasteiger partial charge < -0.3 is 5.32 Å². The van der Waals surface area contributed by atoms with Crippen molar-refractivity contribution in [3.05, 3.63) is 46.8 Å². The van der Waals surface area contributed by atoms with E-state index in [-0.39, 0.29) is 5.75 Å². The van der Waals surface area contributed by atoms with Crippen molar-refractivity contribution in [2.45, 2.75) is 12.2 Å². The standard InChI is InChI=1S/C15H15BrN2O3S2/c1-3-8-23(20,21)10(2)14(19)18-15-17-13(9-22-15)11-4-6-12(16)7-5-11/h3-7,9-10H,1,8H2,2H3,(H,17,18,19). The molecule has 0 spiro atoms. The van der Waals surface area contributed by atoms with E-state index in [4.69, 9.17) is 0 Å². The van der Waals surface area contributed by atoms with Crippen molar-refractivity contribution in [1.29, 1.82) is 0 Å². The molecule has 1 N–H and O–H groups in total. The first-order chi connectivity index (χ1) is 10.8. The summed E-state index contributed by atoms with van der Waals surface area (Å²) < 4.78 is 24.7. The van der Waals surface area contributed by atoms with E-state index in [1.54, 1.807) is 0 Å². The average Bonchev–Trinajstić information content (AvgIpc) is 2.95. The second-order valence-electron chi connectivity index (χ2n) is 4.79. The van der Waals surface area contributed by atoms with Gasteiger partial charge in [0.15, 0.2) is 15.0 Å². The predicted molar refractivity (Wildman–Crippen MR) is 97.3 cm³/mol. The van der Waals surface area contributed by atoms with Crippen LogP contribution in [0.4, 0.5) is 5.13 Å². The summed E-state index contributed by atoms with van der Waals surface area (Å²) in [7, 11) is -3.54. The molecule has 1 aromatic carbocycles. The number of sulfone groups is 1. The number of amides is 1. The zero-order valence-electron chi connectivity index (χ0n) is 12.3. The van der Waals surface area contributed by atoms with Crippen LogP contribution < -0.4 is 5.32 Å². The van der Waals surface area contributed by atoms with Crippen molar-refractivity contribution < 1.29 is 13.2 Å². The van der Waals surface area contributed by atoms with Gasteiger partial charge in [-0.3, -0.25) is 4.79 Å². The van der Waals surface area contributed by atoms with Gasteiger partial charge in [-0.1, -0.05) is 34.1 Å². The lowest BCUT2D eigenvalue weighted by atomic mass is 10.2. The molecular weight excluding hydrogens is 400 g/mol. The lowest BCUT2D eigenvalue weighted by Gasteiger charge is -2.10. The highest BCUT2D eigenvalue weighted by molar-refractivity contribution is 9.10. The molecule has 1 aromatic heterocycles. The molecule has 5 nitrogen and oxygen atoms in total. The number of carbonyl (C=O) groups is 1.